The molecule has 4 rings (SSSR count). The molecule has 2 aromatic carbocycles. The smallest absolute Gasteiger partial charge is 0.317 e. The number of carbonyl (C=O) groups excluding carboxylic acids is 2. The Morgan fingerprint density at radius 3 is 2.03 bits per heavy atom. The van der Waals surface area contributed by atoms with Gasteiger partial charge in [0.2, 0.25) is 0 Å². The third-order valence-corrected chi connectivity index (χ3v) is 7.62. The van der Waals surface area contributed by atoms with E-state index < -0.39 is 10.0 Å². The molecule has 0 radical (unpaired) electrons. The van der Waals surface area contributed by atoms with Crippen molar-refractivity contribution in [2.45, 2.75) is 43.0 Å². The lowest BCUT2D eigenvalue weighted by molar-refractivity contribution is 0.0662. The monoisotopic (exact) mass is 470 g/mol. The van der Waals surface area contributed by atoms with Crippen LogP contribution in [0.25, 0.3) is 0 Å². The van der Waals surface area contributed by atoms with Gasteiger partial charge in [-0.2, -0.15) is 0 Å². The highest BCUT2D eigenvalue weighted by Gasteiger charge is 2.26. The summed E-state index contributed by atoms with van der Waals surface area (Å²) in [5, 5.41) is 3.13. The lowest BCUT2D eigenvalue weighted by Gasteiger charge is -2.36. The van der Waals surface area contributed by atoms with E-state index in [0.29, 0.717) is 37.4 Å². The zero-order valence-corrected chi connectivity index (χ0v) is 19.4. The Morgan fingerprint density at radius 1 is 0.788 bits per heavy atom. The lowest BCUT2D eigenvalue weighted by Crippen LogP contribution is -2.54. The molecule has 0 bridgehead atoms. The van der Waals surface area contributed by atoms with Crippen molar-refractivity contribution < 1.29 is 18.0 Å². The molecular formula is C24H30N4O4S. The largest absolute Gasteiger partial charge is 0.335 e. The summed E-state index contributed by atoms with van der Waals surface area (Å²) >= 11 is 0. The molecule has 1 aliphatic carbocycles. The van der Waals surface area contributed by atoms with E-state index in [-0.39, 0.29) is 22.9 Å². The molecule has 0 atom stereocenters. The zero-order valence-electron chi connectivity index (χ0n) is 18.6. The minimum Gasteiger partial charge on any atom is -0.335 e. The molecule has 0 spiro atoms. The van der Waals surface area contributed by atoms with Gasteiger partial charge in [-0.1, -0.05) is 37.5 Å². The number of nitrogens with zero attached hydrogens (tertiary/aromatic N) is 2. The minimum absolute atomic E-state index is 0.0379. The molecule has 9 heteroatoms. The second-order valence-electron chi connectivity index (χ2n) is 8.56. The average Bonchev–Trinajstić information content (AvgIpc) is 2.85. The summed E-state index contributed by atoms with van der Waals surface area (Å²) < 4.78 is 27.4. The fourth-order valence-corrected chi connectivity index (χ4v) is 5.38. The lowest BCUT2D eigenvalue weighted by atomic mass is 9.96. The van der Waals surface area contributed by atoms with Gasteiger partial charge >= 0.3 is 6.03 Å². The van der Waals surface area contributed by atoms with Gasteiger partial charge in [0.25, 0.3) is 15.9 Å². The SMILES string of the molecule is O=C(NC1CCCCC1)N1CCN(C(=O)c2ccc(NS(=O)(=O)c3ccccc3)cc2)CC1. The van der Waals surface area contributed by atoms with Gasteiger partial charge in [-0.25, -0.2) is 13.2 Å². The third-order valence-electron chi connectivity index (χ3n) is 6.22. The van der Waals surface area contributed by atoms with Crippen LogP contribution in [-0.4, -0.2) is 62.4 Å². The van der Waals surface area contributed by atoms with Crippen molar-refractivity contribution in [1.82, 2.24) is 15.1 Å². The Morgan fingerprint density at radius 2 is 1.39 bits per heavy atom. The van der Waals surface area contributed by atoms with E-state index >= 15 is 0 Å². The number of sulfonamides is 1. The Balaban J connectivity index is 1.29. The maximum absolute atomic E-state index is 12.9. The molecule has 0 unspecified atom stereocenters. The number of rotatable bonds is 5. The predicted molar refractivity (Wildman–Crippen MR) is 127 cm³/mol. The van der Waals surface area contributed by atoms with Gasteiger partial charge in [-0.05, 0) is 49.2 Å². The number of hydrogen-bond acceptors (Lipinski definition) is 4. The Labute approximate surface area is 195 Å². The molecule has 8 nitrogen and oxygen atoms in total. The first kappa shape index (κ1) is 23.1. The van der Waals surface area contributed by atoms with Crippen LogP contribution in [0.2, 0.25) is 0 Å². The first-order chi connectivity index (χ1) is 15.9. The molecule has 1 saturated carbocycles. The molecule has 2 N–H and O–H groups in total. The normalized spacial score (nSPS) is 17.5. The van der Waals surface area contributed by atoms with Crippen molar-refractivity contribution in [2.24, 2.45) is 0 Å². The highest BCUT2D eigenvalue weighted by Crippen LogP contribution is 2.19. The van der Waals surface area contributed by atoms with Crippen molar-refractivity contribution in [2.75, 3.05) is 30.9 Å². The Hall–Kier alpha value is -3.07. The van der Waals surface area contributed by atoms with Crippen LogP contribution < -0.4 is 10.0 Å². The first-order valence-electron chi connectivity index (χ1n) is 11.4. The van der Waals surface area contributed by atoms with E-state index in [9.17, 15) is 18.0 Å². The van der Waals surface area contributed by atoms with Crippen LogP contribution in [0.15, 0.2) is 59.5 Å². The summed E-state index contributed by atoms with van der Waals surface area (Å²) in [6, 6.07) is 14.8. The van der Waals surface area contributed by atoms with Crippen molar-refractivity contribution in [3.8, 4) is 0 Å². The number of hydrogen-bond donors (Lipinski definition) is 2. The molecule has 2 fully saturated rings. The highest BCUT2D eigenvalue weighted by molar-refractivity contribution is 7.92. The Bertz CT molecular complexity index is 1060. The molecule has 0 aromatic heterocycles. The standard InChI is InChI=1S/C24H30N4O4S/c29-23(27-15-17-28(18-16-27)24(30)25-20-7-3-1-4-8-20)19-11-13-21(14-12-19)26-33(31,32)22-9-5-2-6-10-22/h2,5-6,9-14,20,26H,1,3-4,7-8,15-18H2,(H,25,30). The molecule has 1 heterocycles. The average molecular weight is 471 g/mol. The molecule has 1 saturated heterocycles. The van der Waals surface area contributed by atoms with Crippen LogP contribution >= 0.6 is 0 Å². The molecule has 33 heavy (non-hydrogen) atoms. The van der Waals surface area contributed by atoms with E-state index in [1.807, 2.05) is 0 Å². The summed E-state index contributed by atoms with van der Waals surface area (Å²) in [6.45, 7) is 1.94. The number of carbonyl (C=O) groups is 2. The fourth-order valence-electron chi connectivity index (χ4n) is 4.30. The van der Waals surface area contributed by atoms with E-state index in [0.717, 1.165) is 12.8 Å². The highest BCUT2D eigenvalue weighted by atomic mass is 32.2. The predicted octanol–water partition coefficient (Wildman–Crippen LogP) is 3.29. The molecule has 2 aromatic rings. The van der Waals surface area contributed by atoms with Crippen LogP contribution in [0.5, 0.6) is 0 Å². The Kier molecular flexibility index (Phi) is 7.17. The summed E-state index contributed by atoms with van der Waals surface area (Å²) in [5.41, 5.74) is 0.873. The van der Waals surface area contributed by atoms with Crippen LogP contribution in [0.1, 0.15) is 42.5 Å². The number of nitrogens with one attached hydrogen (secondary N) is 2. The molecular weight excluding hydrogens is 440 g/mol. The molecule has 1 aliphatic heterocycles. The van der Waals surface area contributed by atoms with E-state index in [2.05, 4.69) is 10.0 Å². The molecule has 2 aliphatic rings. The fraction of sp³-hybridized carbons (Fsp3) is 0.417. The van der Waals surface area contributed by atoms with Gasteiger partial charge in [0.15, 0.2) is 0 Å². The summed E-state index contributed by atoms with van der Waals surface area (Å²) in [5.74, 6) is -0.125. The second kappa shape index (κ2) is 10.2. The van der Waals surface area contributed by atoms with Gasteiger partial charge in [0.1, 0.15) is 0 Å². The minimum atomic E-state index is -3.68. The molecule has 176 valence electrons. The summed E-state index contributed by atoms with van der Waals surface area (Å²) in [7, 11) is -3.68. The van der Waals surface area contributed by atoms with Crippen molar-refractivity contribution in [1.29, 1.82) is 0 Å². The summed E-state index contributed by atoms with van der Waals surface area (Å²) in [4.78, 5) is 29.1. The third kappa shape index (κ3) is 5.84. The van der Waals surface area contributed by atoms with Gasteiger partial charge < -0.3 is 15.1 Å². The van der Waals surface area contributed by atoms with Gasteiger partial charge in [0, 0.05) is 43.5 Å². The van der Waals surface area contributed by atoms with Gasteiger partial charge in [0.05, 0.1) is 4.90 Å². The van der Waals surface area contributed by atoms with E-state index in [1.54, 1.807) is 52.3 Å². The van der Waals surface area contributed by atoms with Crippen LogP contribution in [0.4, 0.5) is 10.5 Å². The van der Waals surface area contributed by atoms with Crippen LogP contribution in [-0.2, 0) is 10.0 Å². The topological polar surface area (TPSA) is 98.8 Å². The van der Waals surface area contributed by atoms with E-state index in [4.69, 9.17) is 0 Å². The maximum atomic E-state index is 12.9. The van der Waals surface area contributed by atoms with Crippen molar-refractivity contribution in [3.63, 3.8) is 0 Å². The van der Waals surface area contributed by atoms with Gasteiger partial charge in [-0.3, -0.25) is 9.52 Å². The van der Waals surface area contributed by atoms with E-state index in [1.165, 1.54) is 31.4 Å². The van der Waals surface area contributed by atoms with Crippen LogP contribution in [0.3, 0.4) is 0 Å². The van der Waals surface area contributed by atoms with Crippen molar-refractivity contribution >= 4 is 27.6 Å². The summed E-state index contributed by atoms with van der Waals surface area (Å²) in [6.07, 6.45) is 5.66. The molecule has 3 amide bonds. The van der Waals surface area contributed by atoms with Crippen LogP contribution in [0, 0.1) is 0 Å². The zero-order chi connectivity index (χ0) is 23.3. The number of anilines is 1. The number of piperazine rings is 1. The number of urea groups is 1. The number of amides is 3. The second-order valence-corrected chi connectivity index (χ2v) is 10.2. The van der Waals surface area contributed by atoms with Crippen molar-refractivity contribution in [3.05, 3.63) is 60.2 Å². The van der Waals surface area contributed by atoms with Gasteiger partial charge in [-0.15, -0.1) is 0 Å². The number of benzene rings is 2. The quantitative estimate of drug-likeness (QED) is 0.701. The first-order valence-corrected chi connectivity index (χ1v) is 12.9. The maximum Gasteiger partial charge on any atom is 0.317 e.